The van der Waals surface area contributed by atoms with Gasteiger partial charge in [0.1, 0.15) is 0 Å². The molecule has 0 spiro atoms. The molecule has 0 aliphatic heterocycles. The van der Waals surface area contributed by atoms with E-state index < -0.39 is 0 Å². The molecule has 0 saturated heterocycles. The van der Waals surface area contributed by atoms with Crippen LogP contribution in [0.1, 0.15) is 5.56 Å². The predicted molar refractivity (Wildman–Crippen MR) is 65.0 cm³/mol. The van der Waals surface area contributed by atoms with Crippen molar-refractivity contribution in [1.29, 1.82) is 0 Å². The van der Waals surface area contributed by atoms with Crippen molar-refractivity contribution in [1.82, 2.24) is 0 Å². The Morgan fingerprint density at radius 2 is 1.76 bits per heavy atom. The minimum atomic E-state index is -0.380. The molecule has 2 rings (SSSR count). The molecular weight excluding hydrogens is 216 g/mol. The van der Waals surface area contributed by atoms with Gasteiger partial charge in [-0.2, -0.15) is 4.57 Å². The highest BCUT2D eigenvalue weighted by atomic mass is 16.6. The van der Waals surface area contributed by atoms with E-state index in [1.165, 1.54) is 6.07 Å². The normalized spacial score (nSPS) is 10.6. The number of benzene rings is 1. The lowest BCUT2D eigenvalue weighted by Crippen LogP contribution is -2.23. The highest BCUT2D eigenvalue weighted by molar-refractivity contribution is 5.65. The van der Waals surface area contributed by atoms with E-state index >= 15 is 0 Å². The van der Waals surface area contributed by atoms with Crippen LogP contribution in [0, 0.1) is 10.1 Å². The molecule has 1 aromatic heterocycles. The summed E-state index contributed by atoms with van der Waals surface area (Å²) in [4.78, 5) is 10.4. The zero-order valence-corrected chi connectivity index (χ0v) is 9.06. The van der Waals surface area contributed by atoms with Crippen molar-refractivity contribution in [2.24, 2.45) is 0 Å². The lowest BCUT2D eigenvalue weighted by Gasteiger charge is -1.94. The van der Waals surface area contributed by atoms with E-state index in [2.05, 4.69) is 0 Å². The van der Waals surface area contributed by atoms with Crippen molar-refractivity contribution in [3.63, 3.8) is 0 Å². The van der Waals surface area contributed by atoms with Gasteiger partial charge in [-0.3, -0.25) is 10.1 Å². The first kappa shape index (κ1) is 11.0. The van der Waals surface area contributed by atoms with Gasteiger partial charge in [0.15, 0.2) is 18.6 Å². The van der Waals surface area contributed by atoms with Gasteiger partial charge in [0.05, 0.1) is 10.5 Å². The van der Waals surface area contributed by atoms with Crippen molar-refractivity contribution >= 4 is 18.0 Å². The van der Waals surface area contributed by atoms with E-state index in [1.807, 2.05) is 35.2 Å². The molecular formula is C13H11N2O2+. The van der Waals surface area contributed by atoms with Crippen LogP contribution in [0.4, 0.5) is 5.69 Å². The van der Waals surface area contributed by atoms with E-state index in [1.54, 1.807) is 30.5 Å². The maximum absolute atomic E-state index is 10.8. The Morgan fingerprint density at radius 1 is 1.06 bits per heavy atom. The average Bonchev–Trinajstić information content (AvgIpc) is 2.38. The third-order valence-electron chi connectivity index (χ3n) is 2.30. The number of pyridine rings is 1. The molecule has 0 aliphatic rings. The first-order valence-corrected chi connectivity index (χ1v) is 5.15. The Hall–Kier alpha value is -2.49. The summed E-state index contributed by atoms with van der Waals surface area (Å²) in [5.41, 5.74) is 0.703. The van der Waals surface area contributed by atoms with Gasteiger partial charge in [-0.05, 0) is 6.07 Å². The van der Waals surface area contributed by atoms with Crippen molar-refractivity contribution in [3.05, 3.63) is 70.5 Å². The summed E-state index contributed by atoms with van der Waals surface area (Å²) in [6, 6.07) is 12.4. The molecule has 84 valence electrons. The van der Waals surface area contributed by atoms with Gasteiger partial charge in [-0.15, -0.1) is 0 Å². The van der Waals surface area contributed by atoms with Gasteiger partial charge in [-0.1, -0.05) is 18.2 Å². The molecule has 0 amide bonds. The molecule has 0 bridgehead atoms. The molecule has 1 aromatic carbocycles. The van der Waals surface area contributed by atoms with Crippen molar-refractivity contribution in [3.8, 4) is 0 Å². The lowest BCUT2D eigenvalue weighted by molar-refractivity contribution is -0.567. The monoisotopic (exact) mass is 227 g/mol. The molecule has 0 unspecified atom stereocenters. The summed E-state index contributed by atoms with van der Waals surface area (Å²) >= 11 is 0. The number of rotatable bonds is 3. The quantitative estimate of drug-likeness (QED) is 0.459. The van der Waals surface area contributed by atoms with E-state index in [0.29, 0.717) is 5.56 Å². The number of hydrogen-bond acceptors (Lipinski definition) is 2. The van der Waals surface area contributed by atoms with Gasteiger partial charge in [0.25, 0.3) is 5.69 Å². The summed E-state index contributed by atoms with van der Waals surface area (Å²) < 4.78 is 1.83. The van der Waals surface area contributed by atoms with Crippen LogP contribution in [0.5, 0.6) is 0 Å². The maximum Gasteiger partial charge on any atom is 0.276 e. The summed E-state index contributed by atoms with van der Waals surface area (Å²) in [5, 5.41) is 10.8. The molecule has 1 heterocycles. The molecule has 0 N–H and O–H groups in total. The lowest BCUT2D eigenvalue weighted by atomic mass is 10.2. The van der Waals surface area contributed by atoms with Gasteiger partial charge < -0.3 is 0 Å². The van der Waals surface area contributed by atoms with Crippen LogP contribution in [-0.2, 0) is 0 Å². The molecule has 4 heteroatoms. The van der Waals surface area contributed by atoms with Gasteiger partial charge in [0, 0.05) is 24.3 Å². The topological polar surface area (TPSA) is 47.0 Å². The molecule has 0 atom stereocenters. The van der Waals surface area contributed by atoms with Crippen molar-refractivity contribution < 1.29 is 9.49 Å². The molecule has 0 radical (unpaired) electrons. The van der Waals surface area contributed by atoms with Crippen LogP contribution in [0.25, 0.3) is 12.3 Å². The third kappa shape index (κ3) is 2.75. The highest BCUT2D eigenvalue weighted by Crippen LogP contribution is 2.18. The molecule has 0 saturated carbocycles. The van der Waals surface area contributed by atoms with E-state index in [4.69, 9.17) is 0 Å². The minimum absolute atomic E-state index is 0.111. The Labute approximate surface area is 98.6 Å². The van der Waals surface area contributed by atoms with Crippen LogP contribution < -0.4 is 4.57 Å². The summed E-state index contributed by atoms with van der Waals surface area (Å²) in [7, 11) is 0. The second-order valence-corrected chi connectivity index (χ2v) is 3.45. The number of nitrogens with zero attached hydrogens (tertiary/aromatic N) is 2. The average molecular weight is 227 g/mol. The van der Waals surface area contributed by atoms with E-state index in [0.717, 1.165) is 0 Å². The fourth-order valence-corrected chi connectivity index (χ4v) is 1.47. The SMILES string of the molecule is O=[N+]([O-])c1ccccc1C=C[n+]1ccccc1. The zero-order valence-electron chi connectivity index (χ0n) is 9.06. The van der Waals surface area contributed by atoms with Gasteiger partial charge in [-0.25, -0.2) is 0 Å². The van der Waals surface area contributed by atoms with E-state index in [-0.39, 0.29) is 10.6 Å². The summed E-state index contributed by atoms with van der Waals surface area (Å²) in [6.07, 6.45) is 7.23. The van der Waals surface area contributed by atoms with Gasteiger partial charge >= 0.3 is 0 Å². The number of nitro benzene ring substituents is 1. The van der Waals surface area contributed by atoms with E-state index in [9.17, 15) is 10.1 Å². The smallest absolute Gasteiger partial charge is 0.258 e. The molecule has 17 heavy (non-hydrogen) atoms. The fourth-order valence-electron chi connectivity index (χ4n) is 1.47. The summed E-state index contributed by atoms with van der Waals surface area (Å²) in [5.74, 6) is 0. The Bertz CT molecular complexity index is 550. The Morgan fingerprint density at radius 3 is 2.47 bits per heavy atom. The van der Waals surface area contributed by atoms with Crippen molar-refractivity contribution in [2.75, 3.05) is 0 Å². The Kier molecular flexibility index (Phi) is 3.25. The second-order valence-electron chi connectivity index (χ2n) is 3.45. The zero-order chi connectivity index (χ0) is 12.1. The van der Waals surface area contributed by atoms with Crippen molar-refractivity contribution in [2.45, 2.75) is 0 Å². The number of aromatic nitrogens is 1. The van der Waals surface area contributed by atoms with Crippen LogP contribution in [0.15, 0.2) is 54.9 Å². The standard InChI is InChI=1S/C13H11N2O2/c16-15(17)13-7-3-2-6-12(13)8-11-14-9-4-1-5-10-14/h1-11H/q+1. The Balaban J connectivity index is 2.30. The largest absolute Gasteiger partial charge is 0.276 e. The number of para-hydroxylation sites is 1. The molecule has 0 fully saturated rings. The minimum Gasteiger partial charge on any atom is -0.258 e. The van der Waals surface area contributed by atoms with Crippen LogP contribution in [0.3, 0.4) is 0 Å². The second kappa shape index (κ2) is 5.03. The first-order chi connectivity index (χ1) is 8.27. The highest BCUT2D eigenvalue weighted by Gasteiger charge is 2.09. The third-order valence-corrected chi connectivity index (χ3v) is 2.30. The fraction of sp³-hybridized carbons (Fsp3) is 0. The maximum atomic E-state index is 10.8. The van der Waals surface area contributed by atoms with Crippen LogP contribution >= 0.6 is 0 Å². The molecule has 0 aliphatic carbocycles. The first-order valence-electron chi connectivity index (χ1n) is 5.15. The van der Waals surface area contributed by atoms with Gasteiger partial charge in [0.2, 0.25) is 0 Å². The summed E-state index contributed by atoms with van der Waals surface area (Å²) in [6.45, 7) is 0. The molecule has 4 nitrogen and oxygen atoms in total. The van der Waals surface area contributed by atoms with Crippen LogP contribution in [0.2, 0.25) is 0 Å². The molecule has 2 aromatic rings. The number of nitro groups is 1. The van der Waals surface area contributed by atoms with Crippen LogP contribution in [-0.4, -0.2) is 4.92 Å². The number of hydrogen-bond donors (Lipinski definition) is 0. The predicted octanol–water partition coefficient (Wildman–Crippen LogP) is 2.51.